The Morgan fingerprint density at radius 3 is 2.27 bits per heavy atom. The number of aryl methyl sites for hydroxylation is 3. The van der Waals surface area contributed by atoms with Gasteiger partial charge in [0, 0.05) is 36.6 Å². The van der Waals surface area contributed by atoms with E-state index in [0.717, 1.165) is 53.1 Å². The molecule has 178 valence electrons. The first-order valence-corrected chi connectivity index (χ1v) is 13.6. The molecular weight excluding hydrogens is 456 g/mol. The van der Waals surface area contributed by atoms with E-state index < -0.39 is 10.0 Å². The SMILES string of the molecule is Cc1cc(C)c(S(=O)(=O)N2CCC(C(=O)N3CCCC3Cc3ccccc3Cl)CC2)c(C)c1. The molecule has 5 nitrogen and oxygen atoms in total. The van der Waals surface area contributed by atoms with Crippen LogP contribution in [0.3, 0.4) is 0 Å². The lowest BCUT2D eigenvalue weighted by atomic mass is 9.95. The normalized spacial score (nSPS) is 20.4. The van der Waals surface area contributed by atoms with Crippen LogP contribution >= 0.6 is 11.6 Å². The molecule has 0 bridgehead atoms. The van der Waals surface area contributed by atoms with E-state index in [0.29, 0.717) is 30.8 Å². The molecule has 1 atom stereocenters. The van der Waals surface area contributed by atoms with Crippen molar-refractivity contribution < 1.29 is 13.2 Å². The van der Waals surface area contributed by atoms with Gasteiger partial charge in [-0.05, 0) is 75.6 Å². The molecule has 0 N–H and O–H groups in total. The zero-order valence-corrected chi connectivity index (χ0v) is 21.3. The van der Waals surface area contributed by atoms with Gasteiger partial charge in [-0.15, -0.1) is 0 Å². The molecule has 0 radical (unpaired) electrons. The highest BCUT2D eigenvalue weighted by atomic mass is 35.5. The van der Waals surface area contributed by atoms with Crippen LogP contribution in [0, 0.1) is 26.7 Å². The standard InChI is InChI=1S/C26H33ClN2O3S/c1-18-15-19(2)25(20(3)16-18)33(31,32)28-13-10-21(11-14-28)26(30)29-12-6-8-23(29)17-22-7-4-5-9-24(22)27/h4-5,7,9,15-16,21,23H,6,8,10-14,17H2,1-3H3. The van der Waals surface area contributed by atoms with Gasteiger partial charge >= 0.3 is 0 Å². The quantitative estimate of drug-likeness (QED) is 0.601. The van der Waals surface area contributed by atoms with Gasteiger partial charge in [-0.25, -0.2) is 8.42 Å². The van der Waals surface area contributed by atoms with E-state index in [4.69, 9.17) is 11.6 Å². The molecule has 2 aliphatic heterocycles. The first-order chi connectivity index (χ1) is 15.7. The molecule has 7 heteroatoms. The summed E-state index contributed by atoms with van der Waals surface area (Å²) in [6.45, 7) is 7.23. The molecular formula is C26H33ClN2O3S. The van der Waals surface area contributed by atoms with Crippen LogP contribution in [0.1, 0.15) is 47.9 Å². The number of sulfonamides is 1. The number of likely N-dealkylation sites (tertiary alicyclic amines) is 1. The number of benzene rings is 2. The van der Waals surface area contributed by atoms with Crippen molar-refractivity contribution in [2.75, 3.05) is 19.6 Å². The number of amides is 1. The molecule has 2 aromatic rings. The van der Waals surface area contributed by atoms with Crippen LogP contribution in [0.4, 0.5) is 0 Å². The predicted molar refractivity (Wildman–Crippen MR) is 132 cm³/mol. The molecule has 0 saturated carbocycles. The van der Waals surface area contributed by atoms with Crippen molar-refractivity contribution in [3.8, 4) is 0 Å². The van der Waals surface area contributed by atoms with E-state index in [2.05, 4.69) is 0 Å². The summed E-state index contributed by atoms with van der Waals surface area (Å²) in [6, 6.07) is 11.8. The summed E-state index contributed by atoms with van der Waals surface area (Å²) in [7, 11) is -3.57. The second kappa shape index (κ2) is 9.77. The Labute approximate surface area is 202 Å². The van der Waals surface area contributed by atoms with E-state index in [-0.39, 0.29) is 17.9 Å². The van der Waals surface area contributed by atoms with E-state index in [1.807, 2.05) is 62.1 Å². The van der Waals surface area contributed by atoms with E-state index >= 15 is 0 Å². The largest absolute Gasteiger partial charge is 0.339 e. The van der Waals surface area contributed by atoms with Crippen molar-refractivity contribution in [1.82, 2.24) is 9.21 Å². The topological polar surface area (TPSA) is 57.7 Å². The van der Waals surface area contributed by atoms with Gasteiger partial charge in [-0.3, -0.25) is 4.79 Å². The summed E-state index contributed by atoms with van der Waals surface area (Å²) in [6.07, 6.45) is 3.88. The first-order valence-electron chi connectivity index (χ1n) is 11.8. The highest BCUT2D eigenvalue weighted by Crippen LogP contribution is 2.32. The zero-order valence-electron chi connectivity index (χ0n) is 19.7. The number of halogens is 1. The third-order valence-corrected chi connectivity index (χ3v) is 9.65. The van der Waals surface area contributed by atoms with Gasteiger partial charge in [-0.1, -0.05) is 47.5 Å². The first kappa shape index (κ1) is 24.2. The van der Waals surface area contributed by atoms with Gasteiger partial charge in [-0.2, -0.15) is 4.31 Å². The molecule has 2 heterocycles. The van der Waals surface area contributed by atoms with Crippen molar-refractivity contribution in [3.05, 3.63) is 63.7 Å². The highest BCUT2D eigenvalue weighted by Gasteiger charge is 2.38. The van der Waals surface area contributed by atoms with Crippen molar-refractivity contribution in [2.24, 2.45) is 5.92 Å². The van der Waals surface area contributed by atoms with Crippen LogP contribution in [-0.4, -0.2) is 49.2 Å². The van der Waals surface area contributed by atoms with E-state index in [1.54, 1.807) is 4.31 Å². The lowest BCUT2D eigenvalue weighted by Gasteiger charge is -2.35. The summed E-state index contributed by atoms with van der Waals surface area (Å²) in [4.78, 5) is 15.8. The molecule has 33 heavy (non-hydrogen) atoms. The second-order valence-electron chi connectivity index (χ2n) is 9.53. The Kier molecular flexibility index (Phi) is 7.18. The Bertz CT molecular complexity index is 1120. The van der Waals surface area contributed by atoms with E-state index in [9.17, 15) is 13.2 Å². The number of carbonyl (C=O) groups is 1. The average Bonchev–Trinajstić information content (AvgIpc) is 3.22. The van der Waals surface area contributed by atoms with Gasteiger partial charge in [0.25, 0.3) is 0 Å². The number of rotatable bonds is 5. The van der Waals surface area contributed by atoms with Crippen LogP contribution < -0.4 is 0 Å². The molecule has 1 amide bonds. The van der Waals surface area contributed by atoms with Gasteiger partial charge in [0.1, 0.15) is 0 Å². The fourth-order valence-electron chi connectivity index (χ4n) is 5.54. The van der Waals surface area contributed by atoms with Crippen LogP contribution in [0.25, 0.3) is 0 Å². The summed E-state index contributed by atoms with van der Waals surface area (Å²) < 4.78 is 28.3. The van der Waals surface area contributed by atoms with E-state index in [1.165, 1.54) is 0 Å². The Balaban J connectivity index is 1.42. The molecule has 2 aliphatic rings. The zero-order chi connectivity index (χ0) is 23.8. The number of carbonyl (C=O) groups excluding carboxylic acids is 1. The van der Waals surface area contributed by atoms with Crippen molar-refractivity contribution in [2.45, 2.75) is 63.8 Å². The van der Waals surface area contributed by atoms with Crippen LogP contribution in [-0.2, 0) is 21.2 Å². The minimum Gasteiger partial charge on any atom is -0.339 e. The maximum Gasteiger partial charge on any atom is 0.243 e. The summed E-state index contributed by atoms with van der Waals surface area (Å²) in [5, 5.41) is 0.747. The molecule has 4 rings (SSSR count). The molecule has 0 aromatic heterocycles. The minimum atomic E-state index is -3.57. The van der Waals surface area contributed by atoms with Gasteiger partial charge < -0.3 is 4.90 Å². The second-order valence-corrected chi connectivity index (χ2v) is 11.8. The number of piperidine rings is 1. The van der Waals surface area contributed by atoms with Crippen molar-refractivity contribution in [1.29, 1.82) is 0 Å². The molecule has 2 aromatic carbocycles. The molecule has 2 saturated heterocycles. The third-order valence-electron chi connectivity index (χ3n) is 7.08. The molecule has 2 fully saturated rings. The number of nitrogens with zero attached hydrogens (tertiary/aromatic N) is 2. The third kappa shape index (κ3) is 4.98. The summed E-state index contributed by atoms with van der Waals surface area (Å²) in [5.74, 6) is 0.0489. The predicted octanol–water partition coefficient (Wildman–Crippen LogP) is 4.90. The highest BCUT2D eigenvalue weighted by molar-refractivity contribution is 7.89. The fraction of sp³-hybridized carbons (Fsp3) is 0.500. The average molecular weight is 489 g/mol. The molecule has 0 spiro atoms. The lowest BCUT2D eigenvalue weighted by molar-refractivity contribution is -0.137. The van der Waals surface area contributed by atoms with Crippen molar-refractivity contribution in [3.63, 3.8) is 0 Å². The summed E-state index contributed by atoms with van der Waals surface area (Å²) in [5.41, 5.74) is 3.70. The smallest absolute Gasteiger partial charge is 0.243 e. The maximum absolute atomic E-state index is 13.4. The van der Waals surface area contributed by atoms with Gasteiger partial charge in [0.2, 0.25) is 15.9 Å². The van der Waals surface area contributed by atoms with Gasteiger partial charge in [0.15, 0.2) is 0 Å². The monoisotopic (exact) mass is 488 g/mol. The van der Waals surface area contributed by atoms with Crippen LogP contribution in [0.15, 0.2) is 41.3 Å². The van der Waals surface area contributed by atoms with Crippen LogP contribution in [0.2, 0.25) is 5.02 Å². The number of hydrogen-bond acceptors (Lipinski definition) is 3. The molecule has 0 aliphatic carbocycles. The summed E-state index contributed by atoms with van der Waals surface area (Å²) >= 11 is 6.35. The Morgan fingerprint density at radius 1 is 1.00 bits per heavy atom. The lowest BCUT2D eigenvalue weighted by Crippen LogP contribution is -2.46. The van der Waals surface area contributed by atoms with Crippen LogP contribution in [0.5, 0.6) is 0 Å². The molecule has 1 unspecified atom stereocenters. The maximum atomic E-state index is 13.4. The number of hydrogen-bond donors (Lipinski definition) is 0. The van der Waals surface area contributed by atoms with Crippen molar-refractivity contribution >= 4 is 27.5 Å². The Hall–Kier alpha value is -1.89. The minimum absolute atomic E-state index is 0.122. The van der Waals surface area contributed by atoms with Gasteiger partial charge in [0.05, 0.1) is 4.90 Å². The fourth-order valence-corrected chi connectivity index (χ4v) is 7.63. The Morgan fingerprint density at radius 2 is 1.64 bits per heavy atom.